The summed E-state index contributed by atoms with van der Waals surface area (Å²) in [5.41, 5.74) is 8.63. The van der Waals surface area contributed by atoms with Crippen molar-refractivity contribution >= 4 is 0 Å². The predicted octanol–water partition coefficient (Wildman–Crippen LogP) is 1.56. The van der Waals surface area contributed by atoms with Crippen molar-refractivity contribution in [1.29, 1.82) is 0 Å². The molecule has 2 unspecified atom stereocenters. The Balaban J connectivity index is 2.11. The van der Waals surface area contributed by atoms with Gasteiger partial charge in [-0.25, -0.2) is 0 Å². The van der Waals surface area contributed by atoms with Gasteiger partial charge in [-0.2, -0.15) is 0 Å². The number of nitrogens with two attached hydrogens (primary N) is 1. The van der Waals surface area contributed by atoms with E-state index in [1.165, 1.54) is 11.1 Å². The van der Waals surface area contributed by atoms with Crippen LogP contribution in [0.1, 0.15) is 23.5 Å². The minimum Gasteiger partial charge on any atom is -0.327 e. The second kappa shape index (κ2) is 3.71. The van der Waals surface area contributed by atoms with Gasteiger partial charge in [0.15, 0.2) is 0 Å². The van der Waals surface area contributed by atoms with Crippen LogP contribution >= 0.6 is 0 Å². The van der Waals surface area contributed by atoms with E-state index in [9.17, 15) is 0 Å². The lowest BCUT2D eigenvalue weighted by Gasteiger charge is -2.10. The molecule has 0 radical (unpaired) electrons. The molecule has 2 nitrogen and oxygen atoms in total. The Labute approximate surface area is 85.7 Å². The molecular formula is C12H18N2. The highest BCUT2D eigenvalue weighted by Gasteiger charge is 2.34. The van der Waals surface area contributed by atoms with Crippen LogP contribution in [0.15, 0.2) is 24.3 Å². The monoisotopic (exact) mass is 190 g/mol. The molecule has 0 aromatic heterocycles. The third kappa shape index (κ3) is 2.14. The van der Waals surface area contributed by atoms with E-state index < -0.39 is 0 Å². The first kappa shape index (κ1) is 9.69. The van der Waals surface area contributed by atoms with Crippen LogP contribution in [0.25, 0.3) is 0 Å². The van der Waals surface area contributed by atoms with Crippen LogP contribution in [-0.2, 0) is 6.54 Å². The summed E-state index contributed by atoms with van der Waals surface area (Å²) in [6, 6.07) is 9.20. The number of rotatable bonds is 3. The summed E-state index contributed by atoms with van der Waals surface area (Å²) in [4.78, 5) is 2.19. The van der Waals surface area contributed by atoms with Crippen molar-refractivity contribution in [2.24, 2.45) is 5.73 Å². The van der Waals surface area contributed by atoms with E-state index in [1.54, 1.807) is 0 Å². The summed E-state index contributed by atoms with van der Waals surface area (Å²) in [7, 11) is 4.19. The molecule has 0 heterocycles. The molecule has 1 aromatic carbocycles. The third-order valence-corrected chi connectivity index (χ3v) is 2.72. The zero-order valence-corrected chi connectivity index (χ0v) is 8.90. The van der Waals surface area contributed by atoms with E-state index in [2.05, 4.69) is 43.3 Å². The first-order chi connectivity index (χ1) is 6.66. The summed E-state index contributed by atoms with van der Waals surface area (Å²) >= 11 is 0. The van der Waals surface area contributed by atoms with E-state index in [0.717, 1.165) is 13.0 Å². The summed E-state index contributed by atoms with van der Waals surface area (Å²) in [5, 5.41) is 0. The lowest BCUT2D eigenvalue weighted by molar-refractivity contribution is 0.402. The molecule has 1 aromatic rings. The minimum atomic E-state index is 0.407. The van der Waals surface area contributed by atoms with Gasteiger partial charge in [-0.1, -0.05) is 24.3 Å². The van der Waals surface area contributed by atoms with Crippen molar-refractivity contribution in [2.75, 3.05) is 14.1 Å². The molecule has 0 spiro atoms. The molecule has 76 valence electrons. The molecule has 0 aliphatic heterocycles. The van der Waals surface area contributed by atoms with Crippen LogP contribution in [0.3, 0.4) is 0 Å². The van der Waals surface area contributed by atoms with E-state index in [0.29, 0.717) is 12.0 Å². The van der Waals surface area contributed by atoms with Crippen LogP contribution in [0.4, 0.5) is 0 Å². The molecular weight excluding hydrogens is 172 g/mol. The van der Waals surface area contributed by atoms with Crippen molar-refractivity contribution in [3.63, 3.8) is 0 Å². The molecule has 2 heteroatoms. The number of hydrogen-bond acceptors (Lipinski definition) is 2. The fourth-order valence-electron chi connectivity index (χ4n) is 1.89. The van der Waals surface area contributed by atoms with Crippen LogP contribution < -0.4 is 5.73 Å². The maximum atomic E-state index is 5.84. The summed E-state index contributed by atoms with van der Waals surface area (Å²) in [6.07, 6.45) is 1.16. The standard InChI is InChI=1S/C12H18N2/c1-14(2)8-9-4-3-5-10(6-9)11-7-12(11)13/h3-6,11-12H,7-8,13H2,1-2H3. The van der Waals surface area contributed by atoms with Gasteiger partial charge in [-0.3, -0.25) is 0 Å². The van der Waals surface area contributed by atoms with Crippen LogP contribution in [0.2, 0.25) is 0 Å². The number of hydrogen-bond donors (Lipinski definition) is 1. The van der Waals surface area contributed by atoms with Crippen LogP contribution in [-0.4, -0.2) is 25.0 Å². The first-order valence-electron chi connectivity index (χ1n) is 5.16. The quantitative estimate of drug-likeness (QED) is 0.783. The zero-order chi connectivity index (χ0) is 10.1. The summed E-state index contributed by atoms with van der Waals surface area (Å²) in [5.74, 6) is 0.622. The van der Waals surface area contributed by atoms with Gasteiger partial charge in [-0.05, 0) is 31.6 Å². The molecule has 0 saturated heterocycles. The molecule has 0 amide bonds. The SMILES string of the molecule is CN(C)Cc1cccc(C2CC2N)c1. The first-order valence-corrected chi connectivity index (χ1v) is 5.16. The molecule has 2 rings (SSSR count). The number of nitrogens with zero attached hydrogens (tertiary/aromatic N) is 1. The van der Waals surface area contributed by atoms with Crippen molar-refractivity contribution in [1.82, 2.24) is 4.90 Å². The maximum absolute atomic E-state index is 5.84. The van der Waals surface area contributed by atoms with Gasteiger partial charge in [0.2, 0.25) is 0 Å². The highest BCUT2D eigenvalue weighted by atomic mass is 15.0. The lowest BCUT2D eigenvalue weighted by Crippen LogP contribution is -2.10. The average molecular weight is 190 g/mol. The third-order valence-electron chi connectivity index (χ3n) is 2.72. The van der Waals surface area contributed by atoms with E-state index in [-0.39, 0.29) is 0 Å². The summed E-state index contributed by atoms with van der Waals surface area (Å²) in [6.45, 7) is 1.01. The maximum Gasteiger partial charge on any atom is 0.0227 e. The second-order valence-electron chi connectivity index (χ2n) is 4.49. The Morgan fingerprint density at radius 2 is 2.14 bits per heavy atom. The van der Waals surface area contributed by atoms with Gasteiger partial charge in [0.25, 0.3) is 0 Å². The Kier molecular flexibility index (Phi) is 2.57. The Morgan fingerprint density at radius 1 is 1.43 bits per heavy atom. The zero-order valence-electron chi connectivity index (χ0n) is 8.90. The fraction of sp³-hybridized carbons (Fsp3) is 0.500. The minimum absolute atomic E-state index is 0.407. The van der Waals surface area contributed by atoms with Crippen molar-refractivity contribution in [3.8, 4) is 0 Å². The second-order valence-corrected chi connectivity index (χ2v) is 4.49. The molecule has 1 saturated carbocycles. The lowest BCUT2D eigenvalue weighted by atomic mass is 10.1. The van der Waals surface area contributed by atoms with E-state index in [4.69, 9.17) is 5.73 Å². The highest BCUT2D eigenvalue weighted by molar-refractivity contribution is 5.31. The molecule has 2 N–H and O–H groups in total. The van der Waals surface area contributed by atoms with Gasteiger partial charge in [-0.15, -0.1) is 0 Å². The predicted molar refractivity (Wildman–Crippen MR) is 59.2 cm³/mol. The normalized spacial score (nSPS) is 25.4. The van der Waals surface area contributed by atoms with Crippen LogP contribution in [0.5, 0.6) is 0 Å². The molecule has 2 atom stereocenters. The molecule has 1 aliphatic carbocycles. The molecule has 1 aliphatic rings. The Bertz CT molecular complexity index is 320. The van der Waals surface area contributed by atoms with Crippen molar-refractivity contribution in [2.45, 2.75) is 24.9 Å². The Hall–Kier alpha value is -0.860. The average Bonchev–Trinajstić information content (AvgIpc) is 2.82. The summed E-state index contributed by atoms with van der Waals surface area (Å²) < 4.78 is 0. The van der Waals surface area contributed by atoms with Gasteiger partial charge in [0.1, 0.15) is 0 Å². The van der Waals surface area contributed by atoms with E-state index in [1.807, 2.05) is 0 Å². The van der Waals surface area contributed by atoms with E-state index >= 15 is 0 Å². The number of benzene rings is 1. The largest absolute Gasteiger partial charge is 0.327 e. The van der Waals surface area contributed by atoms with Crippen LogP contribution in [0, 0.1) is 0 Å². The van der Waals surface area contributed by atoms with Crippen molar-refractivity contribution in [3.05, 3.63) is 35.4 Å². The smallest absolute Gasteiger partial charge is 0.0227 e. The Morgan fingerprint density at radius 3 is 2.71 bits per heavy atom. The van der Waals surface area contributed by atoms with Gasteiger partial charge >= 0.3 is 0 Å². The topological polar surface area (TPSA) is 29.3 Å². The molecule has 14 heavy (non-hydrogen) atoms. The van der Waals surface area contributed by atoms with Gasteiger partial charge < -0.3 is 10.6 Å². The van der Waals surface area contributed by atoms with Gasteiger partial charge in [0.05, 0.1) is 0 Å². The highest BCUT2D eigenvalue weighted by Crippen LogP contribution is 2.39. The molecule has 1 fully saturated rings. The fourth-order valence-corrected chi connectivity index (χ4v) is 1.89. The molecule has 0 bridgehead atoms. The van der Waals surface area contributed by atoms with Gasteiger partial charge in [0, 0.05) is 18.5 Å². The van der Waals surface area contributed by atoms with Crippen molar-refractivity contribution < 1.29 is 0 Å².